The van der Waals surface area contributed by atoms with Crippen LogP contribution in [-0.4, -0.2) is 10.9 Å². The summed E-state index contributed by atoms with van der Waals surface area (Å²) in [4.78, 5) is 22.2. The molecule has 3 atom stereocenters. The Balaban J connectivity index is 1.81. The summed E-state index contributed by atoms with van der Waals surface area (Å²) in [6.45, 7) is 1.94. The van der Waals surface area contributed by atoms with Crippen LogP contribution in [-0.2, 0) is 0 Å². The molecule has 0 saturated carbocycles. The quantitative estimate of drug-likeness (QED) is 0.522. The molecule has 0 saturated heterocycles. The Bertz CT molecular complexity index is 934. The molecule has 1 N–H and O–H groups in total. The summed E-state index contributed by atoms with van der Waals surface area (Å²) >= 11 is 0. The van der Waals surface area contributed by atoms with Gasteiger partial charge in [-0.2, -0.15) is 0 Å². The lowest BCUT2D eigenvalue weighted by Crippen LogP contribution is -2.30. The van der Waals surface area contributed by atoms with Crippen LogP contribution in [0.1, 0.15) is 45.4 Å². The minimum atomic E-state index is -1.20. The molecule has 6 heteroatoms. The second kappa shape index (κ2) is 5.98. The number of nitro groups is 1. The summed E-state index contributed by atoms with van der Waals surface area (Å²) in [5.74, 6) is -1.08. The third-order valence-electron chi connectivity index (χ3n) is 5.41. The maximum absolute atomic E-state index is 11.5. The Morgan fingerprint density at radius 3 is 2.58 bits per heavy atom. The largest absolute Gasteiger partial charge is 0.545 e. The molecule has 2 aromatic carbocycles. The molecular weight excluding hydrogens is 332 g/mol. The Kier molecular flexibility index (Phi) is 3.76. The normalized spacial score (nSPS) is 23.0. The van der Waals surface area contributed by atoms with Crippen LogP contribution in [0.5, 0.6) is 0 Å². The Morgan fingerprint density at radius 1 is 1.19 bits per heavy atom. The average molecular weight is 349 g/mol. The average Bonchev–Trinajstić information content (AvgIpc) is 3.11. The highest BCUT2D eigenvalue weighted by atomic mass is 16.6. The van der Waals surface area contributed by atoms with Gasteiger partial charge in [-0.3, -0.25) is 10.1 Å². The van der Waals surface area contributed by atoms with Gasteiger partial charge in [-0.1, -0.05) is 42.5 Å². The lowest BCUT2D eigenvalue weighted by atomic mass is 9.75. The van der Waals surface area contributed by atoms with E-state index in [1.165, 1.54) is 0 Å². The first-order chi connectivity index (χ1) is 12.5. The fraction of sp³-hybridized carbons (Fsp3) is 0.250. The number of carboxylic acids is 1. The van der Waals surface area contributed by atoms with Crippen molar-refractivity contribution < 1.29 is 14.8 Å². The highest BCUT2D eigenvalue weighted by Gasteiger charge is 2.42. The van der Waals surface area contributed by atoms with Gasteiger partial charge in [-0.05, 0) is 36.0 Å². The number of fused-ring (bicyclic) bond motifs is 3. The molecule has 0 unspecified atom stereocenters. The number of hydrogen-bond donors (Lipinski definition) is 1. The second-order valence-electron chi connectivity index (χ2n) is 6.83. The topological polar surface area (TPSA) is 95.3 Å². The van der Waals surface area contributed by atoms with Gasteiger partial charge >= 0.3 is 0 Å². The molecule has 0 radical (unpaired) electrons. The summed E-state index contributed by atoms with van der Waals surface area (Å²) in [5, 5.41) is 26.0. The molecule has 1 aliphatic heterocycles. The van der Waals surface area contributed by atoms with Gasteiger partial charge in [0.2, 0.25) is 0 Å². The number of carbonyl (C=O) groups excluding carboxylic acids is 1. The van der Waals surface area contributed by atoms with Crippen LogP contribution in [0.2, 0.25) is 0 Å². The molecule has 0 spiro atoms. The van der Waals surface area contributed by atoms with Crippen molar-refractivity contribution in [2.45, 2.75) is 25.3 Å². The Labute approximate surface area is 150 Å². The SMILES string of the molecule is Cc1ccc([N+](=O)[O-])c2c1N[C@@H](c1ccc(C(=O)[O-])cc1)[C@H]1CC=C[C@H]21. The number of anilines is 1. The molecule has 0 amide bonds. The van der Waals surface area contributed by atoms with Crippen molar-refractivity contribution >= 4 is 17.3 Å². The number of benzene rings is 2. The van der Waals surface area contributed by atoms with Crippen molar-refractivity contribution in [1.29, 1.82) is 0 Å². The van der Waals surface area contributed by atoms with Crippen LogP contribution in [0.3, 0.4) is 0 Å². The summed E-state index contributed by atoms with van der Waals surface area (Å²) in [7, 11) is 0. The van der Waals surface area contributed by atoms with E-state index in [1.54, 1.807) is 36.4 Å². The van der Waals surface area contributed by atoms with E-state index < -0.39 is 5.97 Å². The van der Waals surface area contributed by atoms with Gasteiger partial charge in [-0.25, -0.2) is 0 Å². The molecule has 0 aromatic heterocycles. The van der Waals surface area contributed by atoms with Crippen LogP contribution in [0.15, 0.2) is 48.6 Å². The fourth-order valence-electron chi connectivity index (χ4n) is 4.15. The van der Waals surface area contributed by atoms with E-state index >= 15 is 0 Å². The summed E-state index contributed by atoms with van der Waals surface area (Å²) < 4.78 is 0. The van der Waals surface area contributed by atoms with Crippen molar-refractivity contribution in [2.75, 3.05) is 5.32 Å². The number of carboxylic acid groups (broad SMARTS) is 1. The zero-order valence-corrected chi connectivity index (χ0v) is 14.1. The molecule has 2 aliphatic rings. The van der Waals surface area contributed by atoms with Crippen LogP contribution in [0.25, 0.3) is 0 Å². The standard InChI is InChI=1S/C20H18N2O4/c1-11-5-10-16(22(25)26)17-14-3-2-4-15(14)19(21-18(11)17)12-6-8-13(9-7-12)20(23)24/h2-3,5-10,14-15,19,21H,4H2,1H3,(H,23,24)/p-1/t14-,15-,19-/m0/s1. The smallest absolute Gasteiger partial charge is 0.275 e. The van der Waals surface area contributed by atoms with Crippen LogP contribution >= 0.6 is 0 Å². The highest BCUT2D eigenvalue weighted by molar-refractivity contribution is 5.85. The number of hydrogen-bond acceptors (Lipinski definition) is 5. The zero-order valence-electron chi connectivity index (χ0n) is 14.1. The van der Waals surface area contributed by atoms with Crippen molar-refractivity contribution in [1.82, 2.24) is 0 Å². The fourth-order valence-corrected chi connectivity index (χ4v) is 4.15. The van der Waals surface area contributed by atoms with Crippen molar-refractivity contribution in [2.24, 2.45) is 5.92 Å². The minimum absolute atomic E-state index is 0.0302. The predicted molar refractivity (Wildman–Crippen MR) is 95.0 cm³/mol. The molecule has 0 fully saturated rings. The number of carbonyl (C=O) groups is 1. The zero-order chi connectivity index (χ0) is 18.4. The third-order valence-corrected chi connectivity index (χ3v) is 5.41. The summed E-state index contributed by atoms with van der Waals surface area (Å²) in [6.07, 6.45) is 4.94. The Hall–Kier alpha value is -3.15. The molecule has 1 aliphatic carbocycles. The maximum atomic E-state index is 11.5. The van der Waals surface area contributed by atoms with Gasteiger partial charge in [0.15, 0.2) is 0 Å². The molecule has 0 bridgehead atoms. The maximum Gasteiger partial charge on any atom is 0.275 e. The van der Waals surface area contributed by atoms with Crippen LogP contribution < -0.4 is 10.4 Å². The van der Waals surface area contributed by atoms with E-state index in [2.05, 4.69) is 17.5 Å². The molecular formula is C20H17N2O4-. The molecule has 132 valence electrons. The number of nitrogens with zero attached hydrogens (tertiary/aromatic N) is 1. The van der Waals surface area contributed by atoms with E-state index in [-0.39, 0.29) is 34.1 Å². The Morgan fingerprint density at radius 2 is 1.92 bits per heavy atom. The van der Waals surface area contributed by atoms with E-state index in [0.717, 1.165) is 28.8 Å². The first kappa shape index (κ1) is 16.3. The molecule has 1 heterocycles. The van der Waals surface area contributed by atoms with Crippen LogP contribution in [0.4, 0.5) is 11.4 Å². The lowest BCUT2D eigenvalue weighted by Gasteiger charge is -2.38. The van der Waals surface area contributed by atoms with Gasteiger partial charge in [-0.15, -0.1) is 0 Å². The van der Waals surface area contributed by atoms with E-state index in [0.29, 0.717) is 0 Å². The highest BCUT2D eigenvalue weighted by Crippen LogP contribution is 2.53. The molecule has 6 nitrogen and oxygen atoms in total. The van der Waals surface area contributed by atoms with Crippen LogP contribution in [0, 0.1) is 23.0 Å². The summed E-state index contributed by atoms with van der Waals surface area (Å²) in [6, 6.07) is 9.96. The second-order valence-corrected chi connectivity index (χ2v) is 6.83. The van der Waals surface area contributed by atoms with Gasteiger partial charge in [0, 0.05) is 17.7 Å². The first-order valence-corrected chi connectivity index (χ1v) is 8.49. The van der Waals surface area contributed by atoms with Gasteiger partial charge in [0.05, 0.1) is 22.5 Å². The van der Waals surface area contributed by atoms with Crippen molar-refractivity contribution in [3.8, 4) is 0 Å². The number of aromatic carboxylic acids is 1. The molecule has 2 aromatic rings. The minimum Gasteiger partial charge on any atom is -0.545 e. The van der Waals surface area contributed by atoms with Crippen molar-refractivity contribution in [3.05, 3.63) is 80.9 Å². The molecule has 4 rings (SSSR count). The number of nitro benzene ring substituents is 1. The van der Waals surface area contributed by atoms with E-state index in [4.69, 9.17) is 0 Å². The summed E-state index contributed by atoms with van der Waals surface area (Å²) in [5.41, 5.74) is 3.76. The predicted octanol–water partition coefficient (Wildman–Crippen LogP) is 3.09. The van der Waals surface area contributed by atoms with Gasteiger partial charge < -0.3 is 15.2 Å². The lowest BCUT2D eigenvalue weighted by molar-refractivity contribution is -0.385. The van der Waals surface area contributed by atoms with E-state index in [1.807, 2.05) is 6.92 Å². The number of nitrogens with one attached hydrogen (secondary N) is 1. The first-order valence-electron chi connectivity index (χ1n) is 8.49. The number of allylic oxidation sites excluding steroid dienone is 2. The van der Waals surface area contributed by atoms with Gasteiger partial charge in [0.25, 0.3) is 5.69 Å². The van der Waals surface area contributed by atoms with Crippen molar-refractivity contribution in [3.63, 3.8) is 0 Å². The molecule has 26 heavy (non-hydrogen) atoms. The number of aryl methyl sites for hydroxylation is 1. The monoisotopic (exact) mass is 349 g/mol. The van der Waals surface area contributed by atoms with E-state index in [9.17, 15) is 20.0 Å². The van der Waals surface area contributed by atoms with Gasteiger partial charge in [0.1, 0.15) is 0 Å². The third kappa shape index (κ3) is 2.45. The number of rotatable bonds is 3.